The van der Waals surface area contributed by atoms with Crippen LogP contribution in [0.15, 0.2) is 11.6 Å². The highest BCUT2D eigenvalue weighted by molar-refractivity contribution is 7.10. The summed E-state index contributed by atoms with van der Waals surface area (Å²) in [6.07, 6.45) is 4.76. The maximum atomic E-state index is 11.1. The number of nitrogens with zero attached hydrogens (tertiary/aromatic N) is 1. The molecule has 0 saturated carbocycles. The number of carbonyl (C=O) groups is 1. The summed E-state index contributed by atoms with van der Waals surface area (Å²) in [5.41, 5.74) is 2.90. The summed E-state index contributed by atoms with van der Waals surface area (Å²) in [7, 11) is 0. The third-order valence-corrected chi connectivity index (χ3v) is 2.92. The Morgan fingerprint density at radius 2 is 2.58 bits per heavy atom. The fraction of sp³-hybridized carbons (Fsp3) is 0.333. The predicted molar refractivity (Wildman–Crippen MR) is 49.0 cm³/mol. The van der Waals surface area contributed by atoms with Gasteiger partial charge in [0, 0.05) is 17.2 Å². The monoisotopic (exact) mass is 179 g/mol. The second-order valence-electron chi connectivity index (χ2n) is 2.94. The lowest BCUT2D eigenvalue weighted by atomic mass is 9.94. The first kappa shape index (κ1) is 7.68. The molecule has 2 nitrogen and oxygen atoms in total. The van der Waals surface area contributed by atoms with Crippen molar-refractivity contribution in [2.45, 2.75) is 13.3 Å². The van der Waals surface area contributed by atoms with E-state index in [-0.39, 0.29) is 11.7 Å². The highest BCUT2D eigenvalue weighted by atomic mass is 32.1. The summed E-state index contributed by atoms with van der Waals surface area (Å²) in [6.45, 7) is 1.63. The van der Waals surface area contributed by atoms with Gasteiger partial charge in [0.25, 0.3) is 0 Å². The molecule has 0 aliphatic heterocycles. The molecular weight excluding hydrogens is 170 g/mol. The zero-order chi connectivity index (χ0) is 8.55. The Kier molecular flexibility index (Phi) is 1.81. The molecule has 0 bridgehead atoms. The molecule has 62 valence electrons. The molecule has 1 aromatic rings. The third-order valence-electron chi connectivity index (χ3n) is 2.09. The van der Waals surface area contributed by atoms with Gasteiger partial charge in [0.05, 0.1) is 11.2 Å². The molecule has 1 aliphatic carbocycles. The van der Waals surface area contributed by atoms with E-state index in [2.05, 4.69) is 4.98 Å². The van der Waals surface area contributed by atoms with Crippen LogP contribution in [0.5, 0.6) is 0 Å². The van der Waals surface area contributed by atoms with Gasteiger partial charge in [0.2, 0.25) is 0 Å². The fourth-order valence-corrected chi connectivity index (χ4v) is 2.05. The molecule has 1 atom stereocenters. The molecule has 0 radical (unpaired) electrons. The van der Waals surface area contributed by atoms with E-state index in [0.29, 0.717) is 0 Å². The molecule has 0 amide bonds. The summed E-state index contributed by atoms with van der Waals surface area (Å²) in [5, 5.41) is 0. The molecular formula is C9H9NOS. The number of aromatic nitrogens is 1. The van der Waals surface area contributed by atoms with Crippen LogP contribution >= 0.6 is 11.3 Å². The summed E-state index contributed by atoms with van der Waals surface area (Å²) in [6, 6.07) is 0. The first-order chi connectivity index (χ1) is 5.77. The van der Waals surface area contributed by atoms with Gasteiger partial charge in [-0.25, -0.2) is 4.98 Å². The van der Waals surface area contributed by atoms with Crippen LogP contribution in [0.25, 0.3) is 6.08 Å². The zero-order valence-corrected chi connectivity index (χ0v) is 7.60. The number of rotatable bonds is 1. The molecule has 0 N–H and O–H groups in total. The van der Waals surface area contributed by atoms with Gasteiger partial charge < -0.3 is 0 Å². The molecule has 1 heterocycles. The zero-order valence-electron chi connectivity index (χ0n) is 6.78. The second-order valence-corrected chi connectivity index (χ2v) is 3.83. The van der Waals surface area contributed by atoms with E-state index in [1.807, 2.05) is 17.7 Å². The molecule has 0 spiro atoms. The molecule has 1 aromatic heterocycles. The van der Waals surface area contributed by atoms with Crippen molar-refractivity contribution in [3.05, 3.63) is 22.2 Å². The Labute approximate surface area is 74.9 Å². The summed E-state index contributed by atoms with van der Waals surface area (Å²) in [5.74, 6) is 0.282. The Balaban J connectivity index is 2.30. The van der Waals surface area contributed by atoms with Crippen LogP contribution in [0.4, 0.5) is 0 Å². The number of carbonyl (C=O) groups excluding carboxylic acids is 1. The average Bonchev–Trinajstić information content (AvgIpc) is 2.49. The lowest BCUT2D eigenvalue weighted by Gasteiger charge is -2.11. The van der Waals surface area contributed by atoms with E-state index in [0.717, 1.165) is 12.1 Å². The van der Waals surface area contributed by atoms with Gasteiger partial charge >= 0.3 is 0 Å². The smallest absolute Gasteiger partial charge is 0.137 e. The van der Waals surface area contributed by atoms with E-state index < -0.39 is 0 Å². The number of fused-ring (bicyclic) bond motifs is 1. The van der Waals surface area contributed by atoms with Crippen molar-refractivity contribution in [2.24, 2.45) is 5.92 Å². The Morgan fingerprint density at radius 3 is 3.33 bits per heavy atom. The van der Waals surface area contributed by atoms with Crippen molar-refractivity contribution in [3.63, 3.8) is 0 Å². The molecule has 2 rings (SSSR count). The van der Waals surface area contributed by atoms with Gasteiger partial charge in [0.1, 0.15) is 5.78 Å². The summed E-state index contributed by atoms with van der Waals surface area (Å²) in [4.78, 5) is 16.5. The molecule has 12 heavy (non-hydrogen) atoms. The lowest BCUT2D eigenvalue weighted by molar-refractivity contribution is -0.119. The van der Waals surface area contributed by atoms with Gasteiger partial charge in [-0.3, -0.25) is 4.79 Å². The molecule has 3 heteroatoms. The first-order valence-corrected chi connectivity index (χ1v) is 4.76. The van der Waals surface area contributed by atoms with Crippen molar-refractivity contribution in [1.29, 1.82) is 0 Å². The average molecular weight is 179 g/mol. The van der Waals surface area contributed by atoms with Crippen LogP contribution in [0.3, 0.4) is 0 Å². The van der Waals surface area contributed by atoms with Crippen molar-refractivity contribution < 1.29 is 4.79 Å². The van der Waals surface area contributed by atoms with Crippen LogP contribution < -0.4 is 0 Å². The van der Waals surface area contributed by atoms with E-state index in [4.69, 9.17) is 0 Å². The van der Waals surface area contributed by atoms with Crippen LogP contribution in [0.2, 0.25) is 0 Å². The quantitative estimate of drug-likeness (QED) is 0.659. The number of ketones is 1. The molecule has 1 unspecified atom stereocenters. The second kappa shape index (κ2) is 2.83. The van der Waals surface area contributed by atoms with Gasteiger partial charge in [-0.2, -0.15) is 0 Å². The van der Waals surface area contributed by atoms with E-state index >= 15 is 0 Å². The van der Waals surface area contributed by atoms with Crippen LogP contribution in [-0.2, 0) is 11.2 Å². The summed E-state index contributed by atoms with van der Waals surface area (Å²) < 4.78 is 0. The molecule has 0 fully saturated rings. The number of hydrogen-bond acceptors (Lipinski definition) is 3. The van der Waals surface area contributed by atoms with E-state index in [1.54, 1.807) is 18.3 Å². The Bertz CT molecular complexity index is 340. The van der Waals surface area contributed by atoms with Crippen molar-refractivity contribution in [2.75, 3.05) is 0 Å². The SMILES string of the molecule is CC(=O)C1C=Cc2scnc2C1. The van der Waals surface area contributed by atoms with Crippen LogP contribution in [0, 0.1) is 5.92 Å². The maximum absolute atomic E-state index is 11.1. The first-order valence-electron chi connectivity index (χ1n) is 3.88. The fourth-order valence-electron chi connectivity index (χ4n) is 1.33. The minimum atomic E-state index is 0.0552. The number of allylic oxidation sites excluding steroid dienone is 1. The van der Waals surface area contributed by atoms with Crippen molar-refractivity contribution >= 4 is 23.2 Å². The number of hydrogen-bond donors (Lipinski definition) is 0. The van der Waals surface area contributed by atoms with Crippen LogP contribution in [0.1, 0.15) is 17.5 Å². The van der Waals surface area contributed by atoms with Gasteiger partial charge in [0.15, 0.2) is 0 Å². The highest BCUT2D eigenvalue weighted by Crippen LogP contribution is 2.25. The Hall–Kier alpha value is -0.960. The normalized spacial score (nSPS) is 20.6. The van der Waals surface area contributed by atoms with Crippen molar-refractivity contribution in [1.82, 2.24) is 4.98 Å². The number of thiazole rings is 1. The van der Waals surface area contributed by atoms with Gasteiger partial charge in [-0.05, 0) is 13.0 Å². The largest absolute Gasteiger partial charge is 0.299 e. The maximum Gasteiger partial charge on any atom is 0.137 e. The standard InChI is InChI=1S/C9H9NOS/c1-6(11)7-2-3-9-8(4-7)10-5-12-9/h2-3,5,7H,4H2,1H3. The molecule has 1 aliphatic rings. The number of Topliss-reactive ketones (excluding diaryl/α,β-unsaturated/α-hetero) is 1. The topological polar surface area (TPSA) is 30.0 Å². The third kappa shape index (κ3) is 1.20. The predicted octanol–water partition coefficient (Wildman–Crippen LogP) is 1.92. The van der Waals surface area contributed by atoms with Crippen molar-refractivity contribution in [3.8, 4) is 0 Å². The minimum Gasteiger partial charge on any atom is -0.299 e. The lowest BCUT2D eigenvalue weighted by Crippen LogP contribution is -2.14. The molecule has 0 aromatic carbocycles. The van der Waals surface area contributed by atoms with Gasteiger partial charge in [-0.1, -0.05) is 6.08 Å². The van der Waals surface area contributed by atoms with Gasteiger partial charge in [-0.15, -0.1) is 11.3 Å². The molecule has 0 saturated heterocycles. The Morgan fingerprint density at radius 1 is 1.75 bits per heavy atom. The minimum absolute atomic E-state index is 0.0552. The van der Waals surface area contributed by atoms with E-state index in [9.17, 15) is 4.79 Å². The van der Waals surface area contributed by atoms with E-state index in [1.165, 1.54) is 4.88 Å². The summed E-state index contributed by atoms with van der Waals surface area (Å²) >= 11 is 1.63. The van der Waals surface area contributed by atoms with Crippen LogP contribution in [-0.4, -0.2) is 10.8 Å². The highest BCUT2D eigenvalue weighted by Gasteiger charge is 2.18.